The molecule has 6 heteroatoms. The zero-order chi connectivity index (χ0) is 9.12. The summed E-state index contributed by atoms with van der Waals surface area (Å²) in [6, 6.07) is 0. The van der Waals surface area contributed by atoms with Gasteiger partial charge in [-0.05, 0) is 0 Å². The lowest BCUT2D eigenvalue weighted by atomic mass is 10.4. The molecule has 0 radical (unpaired) electrons. The number of hydroxylamine groups is 3. The lowest BCUT2D eigenvalue weighted by Crippen LogP contribution is -2.33. The van der Waals surface area contributed by atoms with Gasteiger partial charge in [-0.1, -0.05) is 0 Å². The molecule has 0 amide bonds. The van der Waals surface area contributed by atoms with Crippen LogP contribution in [-0.2, 0) is 10.2 Å². The fraction of sp³-hybridized carbons (Fsp3) is 1.00. The number of halogens is 1. The number of rotatable bonds is 4. The first-order chi connectivity index (χ1) is 4.71. The van der Waals surface area contributed by atoms with Crippen molar-refractivity contribution >= 4 is 10.2 Å². The molecule has 11 heavy (non-hydrogen) atoms. The second-order valence-electron chi connectivity index (χ2n) is 2.89. The van der Waals surface area contributed by atoms with E-state index in [1.54, 1.807) is 0 Å². The highest BCUT2D eigenvalue weighted by molar-refractivity contribution is 7.86. The van der Waals surface area contributed by atoms with Crippen LogP contribution >= 0.6 is 0 Å². The van der Waals surface area contributed by atoms with Gasteiger partial charge in [0.15, 0.2) is 0 Å². The Morgan fingerprint density at radius 3 is 2.18 bits per heavy atom. The predicted molar refractivity (Wildman–Crippen MR) is 39.9 cm³/mol. The van der Waals surface area contributed by atoms with E-state index in [0.717, 1.165) is 0 Å². The molecule has 0 aromatic heterocycles. The van der Waals surface area contributed by atoms with E-state index in [0.29, 0.717) is 0 Å². The van der Waals surface area contributed by atoms with Crippen LogP contribution in [0.5, 0.6) is 0 Å². The van der Waals surface area contributed by atoms with Gasteiger partial charge in [0.25, 0.3) is 0 Å². The van der Waals surface area contributed by atoms with Gasteiger partial charge in [-0.25, -0.2) is 0 Å². The van der Waals surface area contributed by atoms with Crippen molar-refractivity contribution in [3.05, 3.63) is 5.21 Å². The summed E-state index contributed by atoms with van der Waals surface area (Å²) in [6.07, 6.45) is 0.0648. The van der Waals surface area contributed by atoms with Crippen LogP contribution in [-0.4, -0.2) is 39.5 Å². The van der Waals surface area contributed by atoms with Crippen molar-refractivity contribution in [3.8, 4) is 0 Å². The molecule has 0 spiro atoms. The molecule has 0 fully saturated rings. The standard InChI is InChI=1S/C5H12FNO3S/c1-7(2,8)4-3-5-11(6,9)10/h3-5H2,1-2H3. The van der Waals surface area contributed by atoms with Crippen molar-refractivity contribution in [2.75, 3.05) is 26.4 Å². The molecule has 0 saturated heterocycles. The van der Waals surface area contributed by atoms with Gasteiger partial charge in [0, 0.05) is 6.42 Å². The van der Waals surface area contributed by atoms with Crippen LogP contribution < -0.4 is 0 Å². The predicted octanol–water partition coefficient (Wildman–Crippen LogP) is 0.250. The van der Waals surface area contributed by atoms with Gasteiger partial charge in [-0.2, -0.15) is 8.42 Å². The minimum absolute atomic E-state index is 0.0648. The van der Waals surface area contributed by atoms with Gasteiger partial charge in [-0.3, -0.25) is 0 Å². The van der Waals surface area contributed by atoms with E-state index in [1.165, 1.54) is 14.1 Å². The summed E-state index contributed by atoms with van der Waals surface area (Å²) < 4.78 is 31.1. The van der Waals surface area contributed by atoms with Crippen LogP contribution in [0.2, 0.25) is 0 Å². The molecule has 0 aliphatic heterocycles. The van der Waals surface area contributed by atoms with E-state index < -0.39 is 20.6 Å². The fourth-order valence-corrected chi connectivity index (χ4v) is 1.09. The Hall–Kier alpha value is -0.200. The van der Waals surface area contributed by atoms with Gasteiger partial charge >= 0.3 is 10.2 Å². The maximum Gasteiger partial charge on any atom is 0.302 e. The fourth-order valence-electron chi connectivity index (χ4n) is 0.618. The van der Waals surface area contributed by atoms with Crippen LogP contribution in [0, 0.1) is 5.21 Å². The Balaban J connectivity index is 3.61. The molecule has 68 valence electrons. The molecule has 0 unspecified atom stereocenters. The van der Waals surface area contributed by atoms with E-state index in [2.05, 4.69) is 0 Å². The summed E-state index contributed by atoms with van der Waals surface area (Å²) in [4.78, 5) is 0. The molecular weight excluding hydrogens is 173 g/mol. The summed E-state index contributed by atoms with van der Waals surface area (Å²) in [6.45, 7) is 0.114. The molecule has 0 saturated carbocycles. The van der Waals surface area contributed by atoms with E-state index in [9.17, 15) is 17.5 Å². The quantitative estimate of drug-likeness (QED) is 0.358. The van der Waals surface area contributed by atoms with Crippen molar-refractivity contribution in [1.29, 1.82) is 0 Å². The van der Waals surface area contributed by atoms with Crippen molar-refractivity contribution in [2.24, 2.45) is 0 Å². The number of quaternary nitrogens is 1. The lowest BCUT2D eigenvalue weighted by molar-refractivity contribution is -0.839. The second-order valence-corrected chi connectivity index (χ2v) is 4.38. The highest BCUT2D eigenvalue weighted by Crippen LogP contribution is 1.99. The molecule has 0 bridgehead atoms. The number of hydrogen-bond donors (Lipinski definition) is 0. The van der Waals surface area contributed by atoms with Crippen LogP contribution in [0.15, 0.2) is 0 Å². The van der Waals surface area contributed by atoms with E-state index in [-0.39, 0.29) is 13.0 Å². The zero-order valence-corrected chi connectivity index (χ0v) is 7.40. The van der Waals surface area contributed by atoms with Crippen LogP contribution in [0.25, 0.3) is 0 Å². The molecule has 0 aliphatic carbocycles. The Morgan fingerprint density at radius 2 is 1.91 bits per heavy atom. The van der Waals surface area contributed by atoms with Gasteiger partial charge in [0.1, 0.15) is 0 Å². The van der Waals surface area contributed by atoms with Crippen LogP contribution in [0.3, 0.4) is 0 Å². The van der Waals surface area contributed by atoms with Crippen molar-refractivity contribution in [1.82, 2.24) is 0 Å². The first-order valence-corrected chi connectivity index (χ1v) is 4.72. The molecule has 0 N–H and O–H groups in total. The molecule has 0 aliphatic rings. The maximum absolute atomic E-state index is 11.8. The van der Waals surface area contributed by atoms with E-state index in [4.69, 9.17) is 0 Å². The van der Waals surface area contributed by atoms with Gasteiger partial charge in [0.05, 0.1) is 26.4 Å². The van der Waals surface area contributed by atoms with Gasteiger partial charge in [-0.15, -0.1) is 3.89 Å². The Labute approximate surface area is 66.0 Å². The Morgan fingerprint density at radius 1 is 1.45 bits per heavy atom. The van der Waals surface area contributed by atoms with Crippen molar-refractivity contribution in [3.63, 3.8) is 0 Å². The minimum atomic E-state index is -4.40. The first kappa shape index (κ1) is 10.8. The third kappa shape index (κ3) is 9.80. The molecule has 4 nitrogen and oxygen atoms in total. The first-order valence-electron chi connectivity index (χ1n) is 3.17. The highest BCUT2D eigenvalue weighted by Gasteiger charge is 2.09. The number of hydrogen-bond acceptors (Lipinski definition) is 3. The molecular formula is C5H12FNO3S. The SMILES string of the molecule is C[N+](C)([O-])CCCS(=O)(=O)F. The normalized spacial score (nSPS) is 13.5. The smallest absolute Gasteiger partial charge is 0.302 e. The Kier molecular flexibility index (Phi) is 3.40. The molecule has 0 rings (SSSR count). The molecule has 0 atom stereocenters. The monoisotopic (exact) mass is 185 g/mol. The topological polar surface area (TPSA) is 57.2 Å². The lowest BCUT2D eigenvalue weighted by Gasteiger charge is -2.33. The zero-order valence-electron chi connectivity index (χ0n) is 6.58. The highest BCUT2D eigenvalue weighted by atomic mass is 32.3. The van der Waals surface area contributed by atoms with Crippen molar-refractivity contribution < 1.29 is 16.9 Å². The number of nitrogens with zero attached hydrogens (tertiary/aromatic N) is 1. The maximum atomic E-state index is 11.8. The summed E-state index contributed by atoms with van der Waals surface area (Å²) in [5.74, 6) is -0.559. The molecule has 0 aromatic carbocycles. The third-order valence-electron chi connectivity index (χ3n) is 1.08. The molecule has 0 heterocycles. The average Bonchev–Trinajstić information content (AvgIpc) is 1.55. The second kappa shape index (κ2) is 3.46. The van der Waals surface area contributed by atoms with Crippen molar-refractivity contribution in [2.45, 2.75) is 6.42 Å². The van der Waals surface area contributed by atoms with Crippen LogP contribution in [0.1, 0.15) is 6.42 Å². The summed E-state index contributed by atoms with van der Waals surface area (Å²) in [5.41, 5.74) is 0. The summed E-state index contributed by atoms with van der Waals surface area (Å²) >= 11 is 0. The van der Waals surface area contributed by atoms with E-state index >= 15 is 0 Å². The molecule has 0 aromatic rings. The summed E-state index contributed by atoms with van der Waals surface area (Å²) in [7, 11) is -1.64. The third-order valence-corrected chi connectivity index (χ3v) is 1.86. The van der Waals surface area contributed by atoms with Gasteiger partial charge < -0.3 is 9.85 Å². The summed E-state index contributed by atoms with van der Waals surface area (Å²) in [5, 5.41) is 10.8. The van der Waals surface area contributed by atoms with Gasteiger partial charge in [0.2, 0.25) is 0 Å². The average molecular weight is 185 g/mol. The largest absolute Gasteiger partial charge is 0.633 e. The van der Waals surface area contributed by atoms with Crippen LogP contribution in [0.4, 0.5) is 3.89 Å². The minimum Gasteiger partial charge on any atom is -0.633 e. The van der Waals surface area contributed by atoms with E-state index in [1.807, 2.05) is 0 Å². The Bertz CT molecular complexity index is 206.